The quantitative estimate of drug-likeness (QED) is 0.776. The van der Waals surface area contributed by atoms with Crippen molar-refractivity contribution in [2.24, 2.45) is 0 Å². The van der Waals surface area contributed by atoms with Crippen LogP contribution in [0.5, 0.6) is 0 Å². The molecule has 90 valence electrons. The van der Waals surface area contributed by atoms with Crippen LogP contribution in [0.3, 0.4) is 0 Å². The van der Waals surface area contributed by atoms with Crippen LogP contribution in [0.1, 0.15) is 5.69 Å². The molecular formula is C10H8Br3N3O. The SMILES string of the molecule is CNc1nc(-c2cc(Br)c(Br)o2)nc(C)c1Br. The van der Waals surface area contributed by atoms with Crippen molar-refractivity contribution in [3.8, 4) is 11.6 Å². The topological polar surface area (TPSA) is 51.0 Å². The van der Waals surface area contributed by atoms with Gasteiger partial charge in [0.1, 0.15) is 5.82 Å². The molecule has 2 aromatic rings. The summed E-state index contributed by atoms with van der Waals surface area (Å²) in [5.74, 6) is 1.88. The van der Waals surface area contributed by atoms with Crippen molar-refractivity contribution in [1.29, 1.82) is 0 Å². The van der Waals surface area contributed by atoms with Crippen LogP contribution in [-0.4, -0.2) is 17.0 Å². The largest absolute Gasteiger partial charge is 0.445 e. The van der Waals surface area contributed by atoms with Gasteiger partial charge in [0, 0.05) is 13.1 Å². The molecule has 4 nitrogen and oxygen atoms in total. The van der Waals surface area contributed by atoms with Crippen molar-refractivity contribution in [3.63, 3.8) is 0 Å². The molecule has 0 aromatic carbocycles. The number of anilines is 1. The van der Waals surface area contributed by atoms with Gasteiger partial charge in [-0.2, -0.15) is 0 Å². The van der Waals surface area contributed by atoms with Gasteiger partial charge >= 0.3 is 0 Å². The van der Waals surface area contributed by atoms with Gasteiger partial charge in [-0.1, -0.05) is 0 Å². The summed E-state index contributed by atoms with van der Waals surface area (Å²) in [6, 6.07) is 1.83. The van der Waals surface area contributed by atoms with E-state index in [1.807, 2.05) is 20.0 Å². The molecule has 0 radical (unpaired) electrons. The molecule has 2 heterocycles. The Bertz CT molecular complexity index is 549. The maximum Gasteiger partial charge on any atom is 0.198 e. The fraction of sp³-hybridized carbons (Fsp3) is 0.200. The van der Waals surface area contributed by atoms with Crippen LogP contribution in [0.2, 0.25) is 0 Å². The molecule has 2 rings (SSSR count). The first-order chi connectivity index (χ1) is 8.02. The van der Waals surface area contributed by atoms with Crippen LogP contribution in [0.4, 0.5) is 5.82 Å². The van der Waals surface area contributed by atoms with Crippen molar-refractivity contribution in [2.75, 3.05) is 12.4 Å². The van der Waals surface area contributed by atoms with Crippen LogP contribution in [0.25, 0.3) is 11.6 Å². The average molecular weight is 426 g/mol. The number of rotatable bonds is 2. The molecular weight excluding hydrogens is 418 g/mol. The standard InChI is InChI=1S/C10H8Br3N3O/c1-4-7(12)10(14-2)16-9(15-4)6-3-5(11)8(13)17-6/h3H,1-2H3,(H,14,15,16). The number of nitrogens with zero attached hydrogens (tertiary/aromatic N) is 2. The number of aryl methyl sites for hydroxylation is 1. The summed E-state index contributed by atoms with van der Waals surface area (Å²) in [6.07, 6.45) is 0. The van der Waals surface area contributed by atoms with Crippen LogP contribution in [-0.2, 0) is 0 Å². The van der Waals surface area contributed by atoms with Crippen LogP contribution in [0.15, 0.2) is 24.1 Å². The summed E-state index contributed by atoms with van der Waals surface area (Å²) < 4.78 is 7.81. The molecule has 2 aromatic heterocycles. The lowest BCUT2D eigenvalue weighted by Crippen LogP contribution is -2.00. The second-order valence-corrected chi connectivity index (χ2v) is 5.65. The van der Waals surface area contributed by atoms with E-state index >= 15 is 0 Å². The second kappa shape index (κ2) is 5.07. The summed E-state index contributed by atoms with van der Waals surface area (Å²) in [5, 5.41) is 3.00. The first-order valence-electron chi connectivity index (χ1n) is 4.70. The maximum absolute atomic E-state index is 5.50. The highest BCUT2D eigenvalue weighted by atomic mass is 79.9. The third-order valence-corrected chi connectivity index (χ3v) is 4.78. The highest BCUT2D eigenvalue weighted by Crippen LogP contribution is 2.33. The van der Waals surface area contributed by atoms with Gasteiger partial charge in [-0.15, -0.1) is 0 Å². The molecule has 0 aliphatic rings. The summed E-state index contributed by atoms with van der Waals surface area (Å²) in [7, 11) is 1.81. The van der Waals surface area contributed by atoms with Crippen LogP contribution >= 0.6 is 47.8 Å². The Hall–Kier alpha value is -0.400. The number of nitrogens with one attached hydrogen (secondary N) is 1. The van der Waals surface area contributed by atoms with Gasteiger partial charge in [-0.3, -0.25) is 0 Å². The van der Waals surface area contributed by atoms with E-state index in [4.69, 9.17) is 4.42 Å². The number of furan rings is 1. The van der Waals surface area contributed by atoms with Crippen molar-refractivity contribution < 1.29 is 4.42 Å². The molecule has 0 unspecified atom stereocenters. The molecule has 1 N–H and O–H groups in total. The molecule has 0 bridgehead atoms. The normalized spacial score (nSPS) is 10.6. The van der Waals surface area contributed by atoms with Gasteiger partial charge in [0.15, 0.2) is 16.3 Å². The maximum atomic E-state index is 5.50. The van der Waals surface area contributed by atoms with Gasteiger partial charge in [0.05, 0.1) is 14.6 Å². The first-order valence-corrected chi connectivity index (χ1v) is 7.08. The minimum Gasteiger partial charge on any atom is -0.445 e. The highest BCUT2D eigenvalue weighted by molar-refractivity contribution is 9.13. The molecule has 0 spiro atoms. The monoisotopic (exact) mass is 423 g/mol. The van der Waals surface area contributed by atoms with Gasteiger partial charge in [-0.05, 0) is 54.7 Å². The molecule has 0 fully saturated rings. The smallest absolute Gasteiger partial charge is 0.198 e. The van der Waals surface area contributed by atoms with Gasteiger partial charge in [0.2, 0.25) is 0 Å². The molecule has 0 saturated carbocycles. The fourth-order valence-corrected chi connectivity index (χ4v) is 2.25. The summed E-state index contributed by atoms with van der Waals surface area (Å²) in [4.78, 5) is 8.74. The van der Waals surface area contributed by atoms with E-state index in [0.29, 0.717) is 16.3 Å². The van der Waals surface area contributed by atoms with E-state index in [-0.39, 0.29) is 0 Å². The van der Waals surface area contributed by atoms with Crippen LogP contribution in [0, 0.1) is 6.92 Å². The zero-order valence-electron chi connectivity index (χ0n) is 9.01. The highest BCUT2D eigenvalue weighted by Gasteiger charge is 2.14. The van der Waals surface area contributed by atoms with E-state index in [2.05, 4.69) is 63.1 Å². The van der Waals surface area contributed by atoms with Gasteiger partial charge < -0.3 is 9.73 Å². The Labute approximate surface area is 124 Å². The zero-order chi connectivity index (χ0) is 12.6. The molecule has 7 heteroatoms. The predicted molar refractivity (Wildman–Crippen MR) is 77.1 cm³/mol. The number of hydrogen-bond acceptors (Lipinski definition) is 4. The second-order valence-electron chi connectivity index (χ2n) is 3.28. The van der Waals surface area contributed by atoms with Crippen molar-refractivity contribution in [3.05, 3.63) is 25.4 Å². The number of hydrogen-bond donors (Lipinski definition) is 1. The Morgan fingerprint density at radius 2 is 1.94 bits per heavy atom. The lowest BCUT2D eigenvalue weighted by molar-refractivity contribution is 0.549. The van der Waals surface area contributed by atoms with E-state index in [0.717, 1.165) is 20.5 Å². The van der Waals surface area contributed by atoms with Crippen LogP contribution < -0.4 is 5.32 Å². The van der Waals surface area contributed by atoms with Crippen molar-refractivity contribution in [1.82, 2.24) is 9.97 Å². The van der Waals surface area contributed by atoms with E-state index in [9.17, 15) is 0 Å². The number of aromatic nitrogens is 2. The lowest BCUT2D eigenvalue weighted by atomic mass is 10.3. The van der Waals surface area contributed by atoms with E-state index in [1.54, 1.807) is 0 Å². The van der Waals surface area contributed by atoms with E-state index < -0.39 is 0 Å². The number of halogens is 3. The molecule has 17 heavy (non-hydrogen) atoms. The average Bonchev–Trinajstić information content (AvgIpc) is 2.63. The van der Waals surface area contributed by atoms with Crippen molar-refractivity contribution in [2.45, 2.75) is 6.92 Å². The summed E-state index contributed by atoms with van der Waals surface area (Å²) in [5.41, 5.74) is 0.850. The Kier molecular flexibility index (Phi) is 3.89. The third-order valence-electron chi connectivity index (χ3n) is 2.12. The Morgan fingerprint density at radius 1 is 1.24 bits per heavy atom. The summed E-state index contributed by atoms with van der Waals surface area (Å²) >= 11 is 10.1. The molecule has 0 saturated heterocycles. The van der Waals surface area contributed by atoms with Crippen molar-refractivity contribution >= 4 is 53.6 Å². The lowest BCUT2D eigenvalue weighted by Gasteiger charge is -2.06. The Morgan fingerprint density at radius 3 is 2.47 bits per heavy atom. The third kappa shape index (κ3) is 2.56. The Balaban J connectivity index is 2.56. The fourth-order valence-electron chi connectivity index (χ4n) is 1.29. The molecule has 0 aliphatic heterocycles. The molecule has 0 amide bonds. The predicted octanol–water partition coefficient (Wildman–Crippen LogP) is 4.37. The van der Waals surface area contributed by atoms with Gasteiger partial charge in [0.25, 0.3) is 0 Å². The molecule has 0 atom stereocenters. The molecule has 0 aliphatic carbocycles. The minimum atomic E-state index is 0.543. The van der Waals surface area contributed by atoms with E-state index in [1.165, 1.54) is 0 Å². The van der Waals surface area contributed by atoms with Gasteiger partial charge in [-0.25, -0.2) is 9.97 Å². The summed E-state index contributed by atoms with van der Waals surface area (Å²) in [6.45, 7) is 1.91. The minimum absolute atomic E-state index is 0.543. The zero-order valence-corrected chi connectivity index (χ0v) is 13.8. The first kappa shape index (κ1) is 13.0.